The Hall–Kier alpha value is -0.310. The molecule has 0 nitrogen and oxygen atoms in total. The van der Waals surface area contributed by atoms with Crippen LogP contribution in [0.25, 0.3) is 0 Å². The van der Waals surface area contributed by atoms with Crippen LogP contribution >= 0.6 is 22.6 Å². The van der Waals surface area contributed by atoms with Crippen LogP contribution in [0.1, 0.15) is 50.7 Å². The molecule has 1 aromatic rings. The Bertz CT molecular complexity index is 496. The third-order valence-electron chi connectivity index (χ3n) is 4.69. The fraction of sp³-hybridized carbons (Fsp3) is 0.500. The second kappa shape index (κ2) is 3.84. The number of halogens is 1. The number of allylic oxidation sites excluding steroid dienone is 2. The molecule has 0 spiro atoms. The van der Waals surface area contributed by atoms with Gasteiger partial charge in [0, 0.05) is 3.57 Å². The van der Waals surface area contributed by atoms with E-state index in [2.05, 4.69) is 67.6 Å². The normalized spacial score (nSPS) is 29.5. The quantitative estimate of drug-likeness (QED) is 0.460. The van der Waals surface area contributed by atoms with Crippen molar-refractivity contribution >= 4 is 22.6 Å². The summed E-state index contributed by atoms with van der Waals surface area (Å²) in [4.78, 5) is 0. The van der Waals surface area contributed by atoms with Gasteiger partial charge in [-0.25, -0.2) is 0 Å². The average molecular weight is 338 g/mol. The summed E-state index contributed by atoms with van der Waals surface area (Å²) in [5.41, 5.74) is 5.10. The van der Waals surface area contributed by atoms with E-state index in [1.165, 1.54) is 16.4 Å². The van der Waals surface area contributed by atoms with E-state index in [4.69, 9.17) is 0 Å². The van der Waals surface area contributed by atoms with Crippen LogP contribution < -0.4 is 0 Å². The Labute approximate surface area is 118 Å². The Balaban J connectivity index is 2.18. The highest BCUT2D eigenvalue weighted by atomic mass is 127. The molecule has 2 aliphatic carbocycles. The Morgan fingerprint density at radius 3 is 2.82 bits per heavy atom. The van der Waals surface area contributed by atoms with Crippen molar-refractivity contribution in [1.29, 1.82) is 0 Å². The lowest BCUT2D eigenvalue weighted by molar-refractivity contribution is 0.342. The van der Waals surface area contributed by atoms with E-state index >= 15 is 0 Å². The van der Waals surface area contributed by atoms with Gasteiger partial charge in [0.05, 0.1) is 0 Å². The first-order chi connectivity index (χ1) is 8.00. The first-order valence-corrected chi connectivity index (χ1v) is 7.55. The molecule has 1 heteroatoms. The third-order valence-corrected chi connectivity index (χ3v) is 5.36. The van der Waals surface area contributed by atoms with E-state index in [1.807, 2.05) is 0 Å². The van der Waals surface area contributed by atoms with Crippen molar-refractivity contribution in [1.82, 2.24) is 0 Å². The smallest absolute Gasteiger partial charge is 0.0133 e. The van der Waals surface area contributed by atoms with Gasteiger partial charge in [-0.1, -0.05) is 31.6 Å². The van der Waals surface area contributed by atoms with Gasteiger partial charge in [-0.05, 0) is 82.9 Å². The molecule has 0 amide bonds. The molecular formula is C16H19I. The lowest BCUT2D eigenvalue weighted by Gasteiger charge is -2.32. The standard InChI is InChI=1S/C16H19I/c1-10-4-6-12-13-7-5-11(17)9-15(13)16(2,3)14(12)8-10/h5,7-9,12,14H,4,6H2,1-3H3. The molecule has 1 aromatic carbocycles. The summed E-state index contributed by atoms with van der Waals surface area (Å²) in [6.07, 6.45) is 5.16. The first-order valence-electron chi connectivity index (χ1n) is 6.47. The van der Waals surface area contributed by atoms with Crippen LogP contribution in [0.4, 0.5) is 0 Å². The Morgan fingerprint density at radius 1 is 1.29 bits per heavy atom. The highest BCUT2D eigenvalue weighted by Crippen LogP contribution is 2.55. The van der Waals surface area contributed by atoms with E-state index in [0.717, 1.165) is 5.92 Å². The van der Waals surface area contributed by atoms with Gasteiger partial charge in [0.15, 0.2) is 0 Å². The van der Waals surface area contributed by atoms with Crippen molar-refractivity contribution in [3.63, 3.8) is 0 Å². The fourth-order valence-electron chi connectivity index (χ4n) is 3.72. The second-order valence-electron chi connectivity index (χ2n) is 6.14. The van der Waals surface area contributed by atoms with E-state index in [-0.39, 0.29) is 0 Å². The van der Waals surface area contributed by atoms with Gasteiger partial charge >= 0.3 is 0 Å². The molecule has 2 atom stereocenters. The molecule has 2 unspecified atom stereocenters. The van der Waals surface area contributed by atoms with Gasteiger partial charge < -0.3 is 0 Å². The van der Waals surface area contributed by atoms with Crippen LogP contribution in [0, 0.1) is 9.49 Å². The third kappa shape index (κ3) is 1.69. The average Bonchev–Trinajstić information content (AvgIpc) is 2.49. The molecule has 0 fully saturated rings. The van der Waals surface area contributed by atoms with Gasteiger partial charge in [0.25, 0.3) is 0 Å². The van der Waals surface area contributed by atoms with Gasteiger partial charge in [-0.3, -0.25) is 0 Å². The minimum atomic E-state index is 0.308. The number of hydrogen-bond donors (Lipinski definition) is 0. The molecule has 0 aliphatic heterocycles. The zero-order chi connectivity index (χ0) is 12.2. The summed E-state index contributed by atoms with van der Waals surface area (Å²) in [6.45, 7) is 7.13. The van der Waals surface area contributed by atoms with Crippen LogP contribution in [-0.2, 0) is 5.41 Å². The summed E-state index contributed by atoms with van der Waals surface area (Å²) in [5.74, 6) is 1.48. The van der Waals surface area contributed by atoms with Crippen LogP contribution in [0.2, 0.25) is 0 Å². The SMILES string of the molecule is CC1=CC2C(CC1)c1ccc(I)cc1C2(C)C. The largest absolute Gasteiger partial charge is 0.0810 e. The fourth-order valence-corrected chi connectivity index (χ4v) is 4.21. The molecule has 0 heterocycles. The predicted octanol–water partition coefficient (Wildman–Crippen LogP) is 5.02. The topological polar surface area (TPSA) is 0 Å². The summed E-state index contributed by atoms with van der Waals surface area (Å²) in [6, 6.07) is 7.04. The minimum absolute atomic E-state index is 0.308. The molecule has 90 valence electrons. The molecule has 17 heavy (non-hydrogen) atoms. The van der Waals surface area contributed by atoms with Gasteiger partial charge in [0.2, 0.25) is 0 Å². The Kier molecular flexibility index (Phi) is 2.66. The summed E-state index contributed by atoms with van der Waals surface area (Å²) < 4.78 is 1.37. The molecule has 2 aliphatic rings. The van der Waals surface area contributed by atoms with Crippen LogP contribution in [0.3, 0.4) is 0 Å². The van der Waals surface area contributed by atoms with Crippen LogP contribution in [0.5, 0.6) is 0 Å². The van der Waals surface area contributed by atoms with E-state index in [0.29, 0.717) is 11.3 Å². The van der Waals surface area contributed by atoms with Gasteiger partial charge in [-0.15, -0.1) is 0 Å². The molecule has 0 bridgehead atoms. The van der Waals surface area contributed by atoms with Crippen molar-refractivity contribution in [3.8, 4) is 0 Å². The van der Waals surface area contributed by atoms with Gasteiger partial charge in [0.1, 0.15) is 0 Å². The molecular weight excluding hydrogens is 319 g/mol. The molecule has 0 radical (unpaired) electrons. The second-order valence-corrected chi connectivity index (χ2v) is 7.38. The molecule has 0 saturated heterocycles. The summed E-state index contributed by atoms with van der Waals surface area (Å²) in [5, 5.41) is 0. The van der Waals surface area contributed by atoms with Crippen LogP contribution in [0.15, 0.2) is 29.8 Å². The summed E-state index contributed by atoms with van der Waals surface area (Å²) in [7, 11) is 0. The maximum Gasteiger partial charge on any atom is 0.0133 e. The predicted molar refractivity (Wildman–Crippen MR) is 81.4 cm³/mol. The van der Waals surface area contributed by atoms with Crippen LogP contribution in [-0.4, -0.2) is 0 Å². The van der Waals surface area contributed by atoms with Crippen molar-refractivity contribution in [3.05, 3.63) is 44.5 Å². The highest BCUT2D eigenvalue weighted by Gasteiger charge is 2.45. The maximum atomic E-state index is 2.54. The number of rotatable bonds is 0. The molecule has 0 saturated carbocycles. The van der Waals surface area contributed by atoms with E-state index in [9.17, 15) is 0 Å². The van der Waals surface area contributed by atoms with Crippen molar-refractivity contribution < 1.29 is 0 Å². The maximum absolute atomic E-state index is 2.54. The Morgan fingerprint density at radius 2 is 2.06 bits per heavy atom. The van der Waals surface area contributed by atoms with E-state index < -0.39 is 0 Å². The minimum Gasteiger partial charge on any atom is -0.0810 e. The lowest BCUT2D eigenvalue weighted by Crippen LogP contribution is -2.26. The zero-order valence-electron chi connectivity index (χ0n) is 10.8. The first kappa shape index (κ1) is 11.8. The van der Waals surface area contributed by atoms with Gasteiger partial charge in [-0.2, -0.15) is 0 Å². The van der Waals surface area contributed by atoms with E-state index in [1.54, 1.807) is 16.7 Å². The molecule has 0 aromatic heterocycles. The highest BCUT2D eigenvalue weighted by molar-refractivity contribution is 14.1. The molecule has 0 N–H and O–H groups in total. The number of fused-ring (bicyclic) bond motifs is 3. The van der Waals surface area contributed by atoms with Crippen molar-refractivity contribution in [2.45, 2.75) is 44.9 Å². The van der Waals surface area contributed by atoms with Crippen molar-refractivity contribution in [2.24, 2.45) is 5.92 Å². The summed E-state index contributed by atoms with van der Waals surface area (Å²) >= 11 is 2.43. The zero-order valence-corrected chi connectivity index (χ0v) is 12.9. The lowest BCUT2D eigenvalue weighted by atomic mass is 9.71. The number of hydrogen-bond acceptors (Lipinski definition) is 0. The number of benzene rings is 1. The monoisotopic (exact) mass is 338 g/mol. The molecule has 3 rings (SSSR count). The van der Waals surface area contributed by atoms with Crippen molar-refractivity contribution in [2.75, 3.05) is 0 Å².